The van der Waals surface area contributed by atoms with Crippen LogP contribution in [0.25, 0.3) is 16.9 Å². The van der Waals surface area contributed by atoms with Gasteiger partial charge in [0.15, 0.2) is 5.84 Å². The number of amidine groups is 1. The first kappa shape index (κ1) is 18.2. The number of hydrogen-bond donors (Lipinski definition) is 0. The number of morpholine rings is 1. The van der Waals surface area contributed by atoms with Crippen LogP contribution in [-0.4, -0.2) is 59.2 Å². The lowest BCUT2D eigenvalue weighted by molar-refractivity contribution is 0.0336. The third kappa shape index (κ3) is 3.73. The normalized spacial score (nSPS) is 17.6. The second-order valence-corrected chi connectivity index (χ2v) is 7.61. The van der Waals surface area contributed by atoms with Crippen LogP contribution in [0, 0.1) is 6.92 Å². The first-order valence-electron chi connectivity index (χ1n) is 10.2. The molecule has 1 aromatic carbocycles. The van der Waals surface area contributed by atoms with Gasteiger partial charge in [-0.1, -0.05) is 29.8 Å². The van der Waals surface area contributed by atoms with Gasteiger partial charge in [-0.05, 0) is 19.1 Å². The van der Waals surface area contributed by atoms with Gasteiger partial charge in [0.05, 0.1) is 24.6 Å². The van der Waals surface area contributed by atoms with E-state index >= 15 is 0 Å². The number of aromatic nitrogens is 2. The molecule has 0 N–H and O–H groups in total. The first-order valence-corrected chi connectivity index (χ1v) is 10.2. The van der Waals surface area contributed by atoms with E-state index in [0.29, 0.717) is 0 Å². The van der Waals surface area contributed by atoms with Gasteiger partial charge in [-0.3, -0.25) is 9.89 Å². The fraction of sp³-hybridized carbons (Fsp3) is 0.348. The minimum atomic E-state index is 0.785. The van der Waals surface area contributed by atoms with Gasteiger partial charge in [0.1, 0.15) is 5.65 Å². The van der Waals surface area contributed by atoms with Crippen LogP contribution >= 0.6 is 0 Å². The van der Waals surface area contributed by atoms with Crippen molar-refractivity contribution >= 4 is 17.7 Å². The summed E-state index contributed by atoms with van der Waals surface area (Å²) < 4.78 is 7.75. The maximum absolute atomic E-state index is 5.54. The summed E-state index contributed by atoms with van der Waals surface area (Å²) >= 11 is 0. The van der Waals surface area contributed by atoms with Crippen LogP contribution in [0.4, 0.5) is 0 Å². The molecular formula is C23H25N5O. The molecule has 148 valence electrons. The highest BCUT2D eigenvalue weighted by atomic mass is 16.5. The molecule has 0 amide bonds. The van der Waals surface area contributed by atoms with Crippen molar-refractivity contribution in [2.24, 2.45) is 9.98 Å². The van der Waals surface area contributed by atoms with Crippen LogP contribution in [0.5, 0.6) is 0 Å². The summed E-state index contributed by atoms with van der Waals surface area (Å²) in [5.74, 6) is 0.807. The van der Waals surface area contributed by atoms with Crippen molar-refractivity contribution < 1.29 is 4.74 Å². The van der Waals surface area contributed by atoms with E-state index in [1.807, 2.05) is 6.21 Å². The Morgan fingerprint density at radius 3 is 2.55 bits per heavy atom. The molecular weight excluding hydrogens is 362 g/mol. The van der Waals surface area contributed by atoms with E-state index in [1.165, 1.54) is 11.3 Å². The average Bonchev–Trinajstić information content (AvgIpc) is 3.13. The maximum atomic E-state index is 5.54. The molecule has 0 atom stereocenters. The summed E-state index contributed by atoms with van der Waals surface area (Å²) in [5.41, 5.74) is 6.63. The van der Waals surface area contributed by atoms with Gasteiger partial charge in [0.25, 0.3) is 0 Å². The molecule has 29 heavy (non-hydrogen) atoms. The monoisotopic (exact) mass is 387 g/mol. The van der Waals surface area contributed by atoms with Crippen molar-refractivity contribution in [1.29, 1.82) is 0 Å². The van der Waals surface area contributed by atoms with Crippen molar-refractivity contribution in [2.75, 3.05) is 32.8 Å². The smallest absolute Gasteiger partial charge is 0.155 e. The number of benzene rings is 1. The number of rotatable bonds is 4. The zero-order chi connectivity index (χ0) is 19.6. The first-order chi connectivity index (χ1) is 14.3. The third-order valence-electron chi connectivity index (χ3n) is 5.51. The fourth-order valence-electron chi connectivity index (χ4n) is 3.88. The minimum absolute atomic E-state index is 0.785. The zero-order valence-electron chi connectivity index (χ0n) is 16.7. The average molecular weight is 387 g/mol. The number of fused-ring (bicyclic) bond motifs is 1. The van der Waals surface area contributed by atoms with Gasteiger partial charge in [-0.2, -0.15) is 0 Å². The van der Waals surface area contributed by atoms with Crippen LogP contribution in [0.1, 0.15) is 23.2 Å². The van der Waals surface area contributed by atoms with Crippen LogP contribution in [0.15, 0.2) is 52.6 Å². The van der Waals surface area contributed by atoms with Crippen LogP contribution in [0.2, 0.25) is 0 Å². The number of pyridine rings is 1. The molecule has 0 aliphatic carbocycles. The lowest BCUT2D eigenvalue weighted by Crippen LogP contribution is -2.36. The Hall–Kier alpha value is -2.83. The Bertz CT molecular complexity index is 1070. The van der Waals surface area contributed by atoms with E-state index in [0.717, 1.165) is 74.1 Å². The van der Waals surface area contributed by atoms with Crippen LogP contribution < -0.4 is 0 Å². The molecule has 0 bridgehead atoms. The zero-order valence-corrected chi connectivity index (χ0v) is 16.7. The molecule has 6 nitrogen and oxygen atoms in total. The SMILES string of the molecule is Cc1ccc(-c2nc3ccc(C4=NCCC=N4)cn3c2CN2CCOCC2)cc1. The quantitative estimate of drug-likeness (QED) is 0.690. The third-order valence-corrected chi connectivity index (χ3v) is 5.51. The molecule has 2 aromatic heterocycles. The standard InChI is InChI=1S/C23H25N5O/c1-17-3-5-18(6-4-17)22-20(16-27-11-13-29-14-12-27)28-15-19(7-8-21(28)26-22)23-24-9-2-10-25-23/h3-9,15H,2,10-14,16H2,1H3. The molecule has 0 unspecified atom stereocenters. The van der Waals surface area contributed by atoms with E-state index in [1.54, 1.807) is 0 Å². The van der Waals surface area contributed by atoms with Crippen molar-refractivity contribution in [2.45, 2.75) is 19.9 Å². The predicted molar refractivity (Wildman–Crippen MR) is 116 cm³/mol. The summed E-state index contributed by atoms with van der Waals surface area (Å²) in [6.07, 6.45) is 5.00. The van der Waals surface area contributed by atoms with E-state index in [2.05, 4.69) is 68.8 Å². The highest BCUT2D eigenvalue weighted by Crippen LogP contribution is 2.27. The van der Waals surface area contributed by atoms with E-state index < -0.39 is 0 Å². The Balaban J connectivity index is 1.62. The van der Waals surface area contributed by atoms with Crippen molar-refractivity contribution in [3.63, 3.8) is 0 Å². The predicted octanol–water partition coefficient (Wildman–Crippen LogP) is 3.36. The van der Waals surface area contributed by atoms with Crippen LogP contribution in [-0.2, 0) is 11.3 Å². The number of ether oxygens (including phenoxy) is 1. The van der Waals surface area contributed by atoms with Crippen molar-refractivity contribution in [3.8, 4) is 11.3 Å². The number of nitrogens with zero attached hydrogens (tertiary/aromatic N) is 5. The number of aliphatic imine (C=N–C) groups is 2. The van der Waals surface area contributed by atoms with Gasteiger partial charge in [0, 0.05) is 56.1 Å². The Labute approximate surface area is 170 Å². The highest BCUT2D eigenvalue weighted by Gasteiger charge is 2.19. The summed E-state index contributed by atoms with van der Waals surface area (Å²) in [4.78, 5) is 16.5. The van der Waals surface area contributed by atoms with E-state index in [-0.39, 0.29) is 0 Å². The second kappa shape index (κ2) is 7.89. The molecule has 2 aliphatic rings. The molecule has 1 fully saturated rings. The topological polar surface area (TPSA) is 54.5 Å². The number of imidazole rings is 1. The molecule has 2 aliphatic heterocycles. The van der Waals surface area contributed by atoms with Gasteiger partial charge in [-0.15, -0.1) is 0 Å². The second-order valence-electron chi connectivity index (χ2n) is 7.61. The van der Waals surface area contributed by atoms with E-state index in [9.17, 15) is 0 Å². The summed E-state index contributed by atoms with van der Waals surface area (Å²) in [5, 5.41) is 0. The fourth-order valence-corrected chi connectivity index (χ4v) is 3.88. The minimum Gasteiger partial charge on any atom is -0.379 e. The Morgan fingerprint density at radius 2 is 1.79 bits per heavy atom. The molecule has 5 rings (SSSR count). The summed E-state index contributed by atoms with van der Waals surface area (Å²) in [6, 6.07) is 12.8. The van der Waals surface area contributed by atoms with Gasteiger partial charge in [-0.25, -0.2) is 9.98 Å². The molecule has 4 heterocycles. The van der Waals surface area contributed by atoms with E-state index in [4.69, 9.17) is 9.72 Å². The molecule has 0 spiro atoms. The van der Waals surface area contributed by atoms with Gasteiger partial charge >= 0.3 is 0 Å². The number of aryl methyl sites for hydroxylation is 1. The summed E-state index contributed by atoms with van der Waals surface area (Å²) in [6.45, 7) is 7.21. The Morgan fingerprint density at radius 1 is 1.00 bits per heavy atom. The van der Waals surface area contributed by atoms with Gasteiger partial charge in [0.2, 0.25) is 0 Å². The van der Waals surface area contributed by atoms with Crippen molar-refractivity contribution in [3.05, 3.63) is 59.4 Å². The lowest BCUT2D eigenvalue weighted by Gasteiger charge is -2.26. The molecule has 3 aromatic rings. The lowest BCUT2D eigenvalue weighted by atomic mass is 10.1. The number of hydrogen-bond acceptors (Lipinski definition) is 5. The molecule has 0 saturated carbocycles. The molecule has 1 saturated heterocycles. The molecule has 6 heteroatoms. The largest absolute Gasteiger partial charge is 0.379 e. The molecule has 0 radical (unpaired) electrons. The maximum Gasteiger partial charge on any atom is 0.155 e. The van der Waals surface area contributed by atoms with Crippen LogP contribution in [0.3, 0.4) is 0 Å². The summed E-state index contributed by atoms with van der Waals surface area (Å²) in [7, 11) is 0. The Kier molecular flexibility index (Phi) is 4.96. The van der Waals surface area contributed by atoms with Crippen molar-refractivity contribution in [1.82, 2.24) is 14.3 Å². The van der Waals surface area contributed by atoms with Gasteiger partial charge < -0.3 is 9.14 Å². The highest BCUT2D eigenvalue weighted by molar-refractivity contribution is 6.04.